The van der Waals surface area contributed by atoms with Gasteiger partial charge in [0.1, 0.15) is 90.5 Å². The highest BCUT2D eigenvalue weighted by atomic mass is 35.9. The number of aromatic nitrogens is 12. The van der Waals surface area contributed by atoms with Crippen LogP contribution in [-0.4, -0.2) is 210 Å². The predicted octanol–water partition coefficient (Wildman–Crippen LogP) is -1.60. The number of aliphatic hydroxyl groups is 7. The van der Waals surface area contributed by atoms with E-state index in [1.807, 2.05) is 0 Å². The molecule has 6 aromatic rings. The van der Waals surface area contributed by atoms with Crippen molar-refractivity contribution >= 4 is 103 Å². The average Bonchev–Trinajstić information content (AvgIpc) is 4.22. The molecule has 3 saturated heterocycles. The van der Waals surface area contributed by atoms with Crippen LogP contribution in [0.2, 0.25) is 0 Å². The van der Waals surface area contributed by atoms with Gasteiger partial charge in [0.25, 0.3) is 0 Å². The molecule has 0 amide bonds. The Kier molecular flexibility index (Phi) is 18.8. The fraction of sp³-hybridized carbons (Fsp3) is 0.545. The molecule has 43 heteroatoms. The van der Waals surface area contributed by atoms with Crippen LogP contribution in [0.1, 0.15) is 18.7 Å². The second-order valence-electron chi connectivity index (χ2n) is 15.8. The number of ether oxygens (including phenoxy) is 3. The molecule has 14 N–H and O–H groups in total. The van der Waals surface area contributed by atoms with Gasteiger partial charge >= 0.3 is 29.5 Å². The highest BCUT2D eigenvalue weighted by molar-refractivity contribution is 8.05. The Morgan fingerprint density at radius 1 is 0.513 bits per heavy atom. The minimum Gasteiger partial charge on any atom is -0.394 e. The molecule has 5 unspecified atom stereocenters. The summed E-state index contributed by atoms with van der Waals surface area (Å²) in [4.78, 5) is 72.5. The van der Waals surface area contributed by atoms with Gasteiger partial charge in [0, 0.05) is 21.1 Å². The second kappa shape index (κ2) is 24.1. The Bertz CT molecular complexity index is 3180. The maximum atomic E-state index is 11.8. The molecule has 14 atom stereocenters. The molecule has 3 fully saturated rings. The van der Waals surface area contributed by atoms with E-state index in [0.717, 1.165) is 0 Å². The smallest absolute Gasteiger partial charge is 0.394 e. The van der Waals surface area contributed by atoms with Gasteiger partial charge in [-0.25, -0.2) is 58.6 Å². The second-order valence-corrected chi connectivity index (χ2v) is 24.5. The molecule has 3 aliphatic heterocycles. The number of aliphatic hydroxyl groups excluding tert-OH is 7. The molecule has 9 rings (SSSR count). The maximum absolute atomic E-state index is 11.8. The molecule has 3 aliphatic rings. The van der Waals surface area contributed by atoms with Crippen LogP contribution in [-0.2, 0) is 50.1 Å². The first-order valence-corrected chi connectivity index (χ1v) is 29.3. The zero-order chi connectivity index (χ0) is 55.7. The fourth-order valence-corrected chi connectivity index (χ4v) is 11.3. The van der Waals surface area contributed by atoms with Gasteiger partial charge in [-0.05, 0) is 22.5 Å². The first-order chi connectivity index (χ1) is 35.7. The van der Waals surface area contributed by atoms with Gasteiger partial charge < -0.3 is 90.0 Å². The van der Waals surface area contributed by atoms with Crippen molar-refractivity contribution in [2.75, 3.05) is 56.9 Å². The molecular weight excluding hydrogens is 1150 g/mol. The number of nitrogens with one attached hydrogen (secondary N) is 3. The van der Waals surface area contributed by atoms with Crippen molar-refractivity contribution < 1.29 is 105 Å². The van der Waals surface area contributed by atoms with Crippen LogP contribution in [0.15, 0.2) is 38.0 Å². The van der Waals surface area contributed by atoms with Crippen LogP contribution in [0.5, 0.6) is 0 Å². The number of nitrogens with zero attached hydrogens (tertiary/aromatic N) is 12. The third-order valence-electron chi connectivity index (χ3n) is 11.0. The molecule has 0 spiro atoms. The standard InChI is InChI=1S/C11H14Cl2N5O5P.C11H18N5O13P3.C11H15N5O4/c1-14-9-6-10(16-3-15-9)18(4-17-6)11-8(20)7(19)5(23-11)2-22-24(12,13)21;1-12-9-6-10(14-3-13-9)16(4-15-6)11-8(18)7(17)5(27-11)2-26-31(22,23)29-32(24,25)28-30(19,20)21;1-12-9-6-10(14-3-13-9)16(4-15-6)11-8(19)7(18)5(2-17)20-11/h3-5,7-8,11,19-20H,2H2,1H3,(H,14,15,16);3-5,7-8,11,17-18H,2H2,1H3,(H,22,23)(H,24,25)(H,12,13,14)(H2,19,20,21);3-5,7-8,11,17-19H,2H2,1H3,(H,12,13,14)/t3*5-,7+,8?,11-/m111/s1. The van der Waals surface area contributed by atoms with E-state index in [4.69, 9.17) is 61.0 Å². The normalized spacial score (nSPS) is 28.4. The Morgan fingerprint density at radius 2 is 0.855 bits per heavy atom. The van der Waals surface area contributed by atoms with Crippen molar-refractivity contribution in [2.45, 2.75) is 73.6 Å². The molecule has 0 bridgehead atoms. The molecule has 76 heavy (non-hydrogen) atoms. The van der Waals surface area contributed by atoms with Crippen LogP contribution >= 0.6 is 52.0 Å². The molecule has 0 radical (unpaired) electrons. The van der Waals surface area contributed by atoms with Gasteiger partial charge in [-0.1, -0.05) is 0 Å². The van der Waals surface area contributed by atoms with E-state index < -0.39 is 110 Å². The number of anilines is 3. The minimum absolute atomic E-state index is 0.231. The molecule has 0 saturated carbocycles. The SMILES string of the molecule is CNc1ncnc2c1ncn2[C@@H]1O[C@H](CO)[C@H](O)C1O.CNc1ncnc2c1ncn2[C@@H]1O[C@H](COP(=O)(Cl)Cl)[C@H](O)C1O.CNc1ncnc2c1ncn2[C@@H]1O[C@H](COP(=O)(O)OP(=O)(O)OP(=O)(O)O)[C@H](O)C1O. The number of hydrogen-bond acceptors (Lipinski definition) is 30. The molecular formula is C33H47Cl2N15O22P4. The van der Waals surface area contributed by atoms with Crippen molar-refractivity contribution in [3.8, 4) is 0 Å². The lowest BCUT2D eigenvalue weighted by atomic mass is 10.1. The summed E-state index contributed by atoms with van der Waals surface area (Å²) in [7, 11) is -11.7. The number of hydrogen-bond donors (Lipinski definition) is 14. The summed E-state index contributed by atoms with van der Waals surface area (Å²) in [6.07, 6.45) is -10.2. The van der Waals surface area contributed by atoms with Gasteiger partial charge in [0.15, 0.2) is 53.1 Å². The summed E-state index contributed by atoms with van der Waals surface area (Å²) in [6, 6.07) is 0. The van der Waals surface area contributed by atoms with Gasteiger partial charge in [0.05, 0.1) is 38.8 Å². The lowest BCUT2D eigenvalue weighted by Gasteiger charge is -2.19. The quantitative estimate of drug-likeness (QED) is 0.0457. The topological polar surface area (TPSA) is 522 Å². The van der Waals surface area contributed by atoms with Gasteiger partial charge in [-0.3, -0.25) is 22.8 Å². The summed E-state index contributed by atoms with van der Waals surface area (Å²) in [6.45, 7) is -1.66. The van der Waals surface area contributed by atoms with Gasteiger partial charge in [-0.2, -0.15) is 8.62 Å². The van der Waals surface area contributed by atoms with E-state index in [-0.39, 0.29) is 18.9 Å². The van der Waals surface area contributed by atoms with Crippen LogP contribution in [0.3, 0.4) is 0 Å². The van der Waals surface area contributed by atoms with E-state index in [9.17, 15) is 53.8 Å². The minimum atomic E-state index is -5.70. The number of halogens is 2. The monoisotopic (exact) mass is 1200 g/mol. The lowest BCUT2D eigenvalue weighted by molar-refractivity contribution is -0.0511. The zero-order valence-electron chi connectivity index (χ0n) is 38.8. The van der Waals surface area contributed by atoms with Crippen molar-refractivity contribution in [3.05, 3.63) is 38.0 Å². The first kappa shape index (κ1) is 59.5. The number of imidazole rings is 3. The Balaban J connectivity index is 0.000000171. The number of fused-ring (bicyclic) bond motifs is 3. The predicted molar refractivity (Wildman–Crippen MR) is 255 cm³/mol. The number of phosphoric ester groups is 1. The summed E-state index contributed by atoms with van der Waals surface area (Å²) in [5, 5.41) is 78.4. The number of phosphoric acid groups is 3. The molecule has 9 heterocycles. The number of rotatable bonds is 17. The largest absolute Gasteiger partial charge is 0.490 e. The van der Waals surface area contributed by atoms with Crippen LogP contribution in [0.4, 0.5) is 17.5 Å². The summed E-state index contributed by atoms with van der Waals surface area (Å²) < 4.78 is 82.1. The molecule has 420 valence electrons. The molecule has 37 nitrogen and oxygen atoms in total. The highest BCUT2D eigenvalue weighted by Gasteiger charge is 2.48. The van der Waals surface area contributed by atoms with E-state index in [1.165, 1.54) is 51.7 Å². The van der Waals surface area contributed by atoms with Gasteiger partial charge in [-0.15, -0.1) is 0 Å². The highest BCUT2D eigenvalue weighted by Crippen LogP contribution is 2.66. The average molecular weight is 1200 g/mol. The maximum Gasteiger partial charge on any atom is 0.490 e. The van der Waals surface area contributed by atoms with E-state index in [0.29, 0.717) is 45.3 Å². The van der Waals surface area contributed by atoms with Crippen LogP contribution < -0.4 is 16.0 Å². The lowest BCUT2D eigenvalue weighted by Crippen LogP contribution is -2.33. The Hall–Kier alpha value is -4.17. The molecule has 6 aromatic heterocycles. The third-order valence-corrected chi connectivity index (χ3v) is 15.8. The van der Waals surface area contributed by atoms with Crippen molar-refractivity contribution in [1.29, 1.82) is 0 Å². The Labute approximate surface area is 434 Å². The van der Waals surface area contributed by atoms with Crippen molar-refractivity contribution in [2.24, 2.45) is 0 Å². The molecule has 0 aromatic carbocycles. The zero-order valence-corrected chi connectivity index (χ0v) is 43.9. The van der Waals surface area contributed by atoms with E-state index in [2.05, 4.69) is 74.0 Å². The summed E-state index contributed by atoms with van der Waals surface area (Å²) >= 11 is 10.6. The first-order valence-electron chi connectivity index (χ1n) is 21.4. The van der Waals surface area contributed by atoms with Gasteiger partial charge in [0.2, 0.25) is 0 Å². The van der Waals surface area contributed by atoms with Crippen LogP contribution in [0.25, 0.3) is 33.5 Å². The van der Waals surface area contributed by atoms with Crippen molar-refractivity contribution in [3.63, 3.8) is 0 Å². The fourth-order valence-electron chi connectivity index (χ4n) is 7.60. The summed E-state index contributed by atoms with van der Waals surface area (Å²) in [5.74, 6) is 1.45. The summed E-state index contributed by atoms with van der Waals surface area (Å²) in [5.41, 5.74) is 2.46. The van der Waals surface area contributed by atoms with Crippen molar-refractivity contribution in [1.82, 2.24) is 58.6 Å². The Morgan fingerprint density at radius 3 is 1.17 bits per heavy atom. The third kappa shape index (κ3) is 13.5. The van der Waals surface area contributed by atoms with E-state index in [1.54, 1.807) is 21.1 Å². The molecule has 0 aliphatic carbocycles. The van der Waals surface area contributed by atoms with Crippen LogP contribution in [0, 0.1) is 0 Å². The van der Waals surface area contributed by atoms with E-state index >= 15 is 0 Å².